The van der Waals surface area contributed by atoms with Gasteiger partial charge in [-0.15, -0.1) is 0 Å². The Balaban J connectivity index is 2.01. The van der Waals surface area contributed by atoms with E-state index in [4.69, 9.17) is 9.47 Å². The molecule has 1 atom stereocenters. The number of hydrogen-bond acceptors (Lipinski definition) is 5. The van der Waals surface area contributed by atoms with Crippen molar-refractivity contribution in [3.63, 3.8) is 0 Å². The highest BCUT2D eigenvalue weighted by atomic mass is 32.2. The van der Waals surface area contributed by atoms with Crippen molar-refractivity contribution in [1.29, 1.82) is 0 Å². The van der Waals surface area contributed by atoms with E-state index < -0.39 is 16.0 Å². The van der Waals surface area contributed by atoms with Crippen molar-refractivity contribution < 1.29 is 22.7 Å². The lowest BCUT2D eigenvalue weighted by Gasteiger charge is -2.38. The SMILES string of the molecule is CCOC(=O)C1=C[C@@H]2C(=C(c3ccccc3)N1S(C)(=O)=O)COc1ccccc12. The third kappa shape index (κ3) is 3.42. The Labute approximate surface area is 170 Å². The van der Waals surface area contributed by atoms with Crippen LogP contribution in [0.15, 0.2) is 71.9 Å². The lowest BCUT2D eigenvalue weighted by atomic mass is 9.83. The molecule has 0 saturated carbocycles. The summed E-state index contributed by atoms with van der Waals surface area (Å²) in [4.78, 5) is 12.8. The lowest BCUT2D eigenvalue weighted by molar-refractivity contribution is -0.139. The highest BCUT2D eigenvalue weighted by molar-refractivity contribution is 7.88. The van der Waals surface area contributed by atoms with E-state index in [1.165, 1.54) is 0 Å². The lowest BCUT2D eigenvalue weighted by Crippen LogP contribution is -2.38. The molecule has 6 nitrogen and oxygen atoms in total. The standard InChI is InChI=1S/C22H21NO5S/c1-3-27-22(24)19-13-17-16-11-7-8-12-20(16)28-14-18(17)21(23(19)29(2,25)26)15-9-5-4-6-10-15/h4-13,17H,3,14H2,1-2H3/t17-/m0/s1. The van der Waals surface area contributed by atoms with Crippen molar-refractivity contribution in [2.24, 2.45) is 0 Å². The first kappa shape index (κ1) is 19.3. The van der Waals surface area contributed by atoms with Crippen LogP contribution < -0.4 is 4.74 Å². The maximum absolute atomic E-state index is 12.8. The van der Waals surface area contributed by atoms with Crippen molar-refractivity contribution in [3.8, 4) is 5.75 Å². The van der Waals surface area contributed by atoms with Crippen LogP contribution in [0.1, 0.15) is 24.0 Å². The number of para-hydroxylation sites is 1. The van der Waals surface area contributed by atoms with Gasteiger partial charge >= 0.3 is 5.97 Å². The molecule has 0 aromatic heterocycles. The summed E-state index contributed by atoms with van der Waals surface area (Å²) in [6, 6.07) is 16.7. The van der Waals surface area contributed by atoms with Crippen LogP contribution >= 0.6 is 0 Å². The summed E-state index contributed by atoms with van der Waals surface area (Å²) >= 11 is 0. The Hall–Kier alpha value is -3.06. The van der Waals surface area contributed by atoms with Crippen molar-refractivity contribution in [1.82, 2.24) is 4.31 Å². The Morgan fingerprint density at radius 2 is 1.83 bits per heavy atom. The van der Waals surface area contributed by atoms with Gasteiger partial charge in [-0.3, -0.25) is 0 Å². The minimum absolute atomic E-state index is 0.00124. The molecule has 0 unspecified atom stereocenters. The van der Waals surface area contributed by atoms with Gasteiger partial charge in [0.25, 0.3) is 0 Å². The molecule has 0 radical (unpaired) electrons. The molecule has 2 heterocycles. The second-order valence-electron chi connectivity index (χ2n) is 6.84. The molecule has 2 aromatic carbocycles. The van der Waals surface area contributed by atoms with Crippen LogP contribution in [0.25, 0.3) is 5.70 Å². The molecule has 2 aromatic rings. The first-order valence-corrected chi connectivity index (χ1v) is 11.2. The Morgan fingerprint density at radius 1 is 1.14 bits per heavy atom. The molecule has 150 valence electrons. The largest absolute Gasteiger partial charge is 0.489 e. The third-order valence-electron chi connectivity index (χ3n) is 4.93. The first-order chi connectivity index (χ1) is 13.9. The average molecular weight is 411 g/mol. The normalized spacial score (nSPS) is 18.3. The van der Waals surface area contributed by atoms with E-state index in [2.05, 4.69) is 0 Å². The summed E-state index contributed by atoms with van der Waals surface area (Å²) in [6.45, 7) is 2.06. The number of carbonyl (C=O) groups excluding carboxylic acids is 1. The first-order valence-electron chi connectivity index (χ1n) is 9.31. The number of fused-ring (bicyclic) bond motifs is 3. The molecule has 29 heavy (non-hydrogen) atoms. The molecule has 2 aliphatic rings. The molecular weight excluding hydrogens is 390 g/mol. The van der Waals surface area contributed by atoms with E-state index in [9.17, 15) is 13.2 Å². The fourth-order valence-electron chi connectivity index (χ4n) is 3.78. The molecule has 0 N–H and O–H groups in total. The molecule has 0 saturated heterocycles. The van der Waals surface area contributed by atoms with E-state index in [0.717, 1.165) is 27.4 Å². The van der Waals surface area contributed by atoms with Gasteiger partial charge in [0.05, 0.1) is 18.6 Å². The molecule has 0 amide bonds. The number of esters is 1. The van der Waals surface area contributed by atoms with Crippen molar-refractivity contribution >= 4 is 21.7 Å². The van der Waals surface area contributed by atoms with Gasteiger partial charge in [-0.25, -0.2) is 17.5 Å². The summed E-state index contributed by atoms with van der Waals surface area (Å²) in [5.41, 5.74) is 2.80. The van der Waals surface area contributed by atoms with Crippen LogP contribution in [0, 0.1) is 0 Å². The fourth-order valence-corrected chi connectivity index (χ4v) is 4.83. The quantitative estimate of drug-likeness (QED) is 0.722. The Bertz CT molecular complexity index is 1120. The second kappa shape index (κ2) is 7.40. The van der Waals surface area contributed by atoms with Crippen LogP contribution in [0.3, 0.4) is 0 Å². The van der Waals surface area contributed by atoms with Crippen LogP contribution in [0.2, 0.25) is 0 Å². The van der Waals surface area contributed by atoms with Crippen molar-refractivity contribution in [3.05, 3.63) is 83.1 Å². The van der Waals surface area contributed by atoms with Crippen LogP contribution in [0.4, 0.5) is 0 Å². The second-order valence-corrected chi connectivity index (χ2v) is 8.68. The van der Waals surface area contributed by atoms with Crippen LogP contribution in [0.5, 0.6) is 5.75 Å². The van der Waals surface area contributed by atoms with Gasteiger partial charge in [-0.1, -0.05) is 48.5 Å². The zero-order valence-electron chi connectivity index (χ0n) is 16.2. The average Bonchev–Trinajstić information content (AvgIpc) is 2.72. The van der Waals surface area contributed by atoms with Crippen LogP contribution in [-0.2, 0) is 19.6 Å². The fraction of sp³-hybridized carbons (Fsp3) is 0.227. The van der Waals surface area contributed by atoms with Crippen molar-refractivity contribution in [2.45, 2.75) is 12.8 Å². The van der Waals surface area contributed by atoms with Crippen LogP contribution in [-0.4, -0.2) is 38.2 Å². The minimum atomic E-state index is -3.81. The number of ether oxygens (including phenoxy) is 2. The van der Waals surface area contributed by atoms with E-state index in [1.807, 2.05) is 54.6 Å². The third-order valence-corrected chi connectivity index (χ3v) is 5.97. The van der Waals surface area contributed by atoms with Gasteiger partial charge in [0.2, 0.25) is 10.0 Å². The van der Waals surface area contributed by atoms with E-state index in [1.54, 1.807) is 13.0 Å². The van der Waals surface area contributed by atoms with E-state index in [0.29, 0.717) is 11.3 Å². The molecule has 0 aliphatic carbocycles. The number of nitrogens with zero attached hydrogens (tertiary/aromatic N) is 1. The number of rotatable bonds is 4. The monoisotopic (exact) mass is 411 g/mol. The maximum Gasteiger partial charge on any atom is 0.355 e. The van der Waals surface area contributed by atoms with Gasteiger partial charge in [0, 0.05) is 17.1 Å². The smallest absolute Gasteiger partial charge is 0.355 e. The number of allylic oxidation sites excluding steroid dienone is 1. The molecular formula is C22H21NO5S. The van der Waals surface area contributed by atoms with E-state index in [-0.39, 0.29) is 24.8 Å². The molecule has 0 spiro atoms. The summed E-state index contributed by atoms with van der Waals surface area (Å²) in [7, 11) is -3.81. The minimum Gasteiger partial charge on any atom is -0.489 e. The topological polar surface area (TPSA) is 72.9 Å². The van der Waals surface area contributed by atoms with Gasteiger partial charge < -0.3 is 9.47 Å². The Morgan fingerprint density at radius 3 is 2.52 bits per heavy atom. The zero-order chi connectivity index (χ0) is 20.6. The maximum atomic E-state index is 12.8. The Kier molecular flexibility index (Phi) is 4.92. The zero-order valence-corrected chi connectivity index (χ0v) is 17.0. The summed E-state index contributed by atoms with van der Waals surface area (Å²) in [6.07, 6.45) is 2.75. The predicted octanol–water partition coefficient (Wildman–Crippen LogP) is 3.30. The number of benzene rings is 2. The summed E-state index contributed by atoms with van der Waals surface area (Å²) in [5.74, 6) is -0.233. The summed E-state index contributed by atoms with van der Waals surface area (Å²) < 4.78 is 37.8. The number of hydrogen-bond donors (Lipinski definition) is 0. The van der Waals surface area contributed by atoms with Gasteiger partial charge in [0.1, 0.15) is 18.1 Å². The number of sulfonamides is 1. The molecule has 7 heteroatoms. The molecule has 2 aliphatic heterocycles. The van der Waals surface area contributed by atoms with E-state index >= 15 is 0 Å². The van der Waals surface area contributed by atoms with Gasteiger partial charge in [0.15, 0.2) is 0 Å². The summed E-state index contributed by atoms with van der Waals surface area (Å²) in [5, 5.41) is 0. The van der Waals surface area contributed by atoms with Crippen molar-refractivity contribution in [2.75, 3.05) is 19.5 Å². The van der Waals surface area contributed by atoms with Gasteiger partial charge in [-0.05, 0) is 24.6 Å². The predicted molar refractivity (Wildman–Crippen MR) is 109 cm³/mol. The highest BCUT2D eigenvalue weighted by Crippen LogP contribution is 2.47. The molecule has 4 rings (SSSR count). The molecule has 0 bridgehead atoms. The number of carbonyl (C=O) groups is 1. The highest BCUT2D eigenvalue weighted by Gasteiger charge is 2.40. The van der Waals surface area contributed by atoms with Gasteiger partial charge in [-0.2, -0.15) is 0 Å². The molecule has 0 fully saturated rings.